The van der Waals surface area contributed by atoms with Crippen LogP contribution in [-0.2, 0) is 17.8 Å². The van der Waals surface area contributed by atoms with Crippen molar-refractivity contribution in [3.8, 4) is 10.7 Å². The Kier molecular flexibility index (Phi) is 4.28. The van der Waals surface area contributed by atoms with Crippen molar-refractivity contribution < 1.29 is 4.74 Å². The van der Waals surface area contributed by atoms with Crippen LogP contribution in [0.5, 0.6) is 0 Å². The van der Waals surface area contributed by atoms with Crippen LogP contribution in [0.4, 0.5) is 5.82 Å². The smallest absolute Gasteiger partial charge is 0.171 e. The van der Waals surface area contributed by atoms with Gasteiger partial charge in [0, 0.05) is 25.1 Å². The van der Waals surface area contributed by atoms with E-state index in [2.05, 4.69) is 34.3 Å². The molecule has 5 heteroatoms. The molecule has 4 nitrogen and oxygen atoms in total. The number of aryl methyl sites for hydroxylation is 1. The highest BCUT2D eigenvalue weighted by molar-refractivity contribution is 7.15. The lowest BCUT2D eigenvalue weighted by Crippen LogP contribution is -2.01. The Hall–Kier alpha value is -1.46. The topological polar surface area (TPSA) is 47.0 Å². The number of ether oxygens (including phenoxy) is 1. The van der Waals surface area contributed by atoms with Crippen LogP contribution in [0.25, 0.3) is 10.7 Å². The van der Waals surface area contributed by atoms with Crippen molar-refractivity contribution in [1.29, 1.82) is 0 Å². The summed E-state index contributed by atoms with van der Waals surface area (Å²) in [5.74, 6) is 1.58. The van der Waals surface area contributed by atoms with Crippen molar-refractivity contribution in [3.05, 3.63) is 28.8 Å². The second-order valence-electron chi connectivity index (χ2n) is 3.87. The summed E-state index contributed by atoms with van der Waals surface area (Å²) in [6.45, 7) is 2.65. The average molecular weight is 263 g/mol. The normalized spacial score (nSPS) is 10.6. The fourth-order valence-electron chi connectivity index (χ4n) is 1.65. The molecule has 2 aromatic heterocycles. The standard InChI is InChI=1S/C13H17N3OS/c1-4-10-5-6-11(18-10)13-15-9(8-17-3)7-12(14-2)16-13/h5-7H,4,8H2,1-3H3,(H,14,15,16). The highest BCUT2D eigenvalue weighted by Gasteiger charge is 2.08. The van der Waals surface area contributed by atoms with E-state index in [-0.39, 0.29) is 0 Å². The lowest BCUT2D eigenvalue weighted by atomic mass is 10.3. The van der Waals surface area contributed by atoms with E-state index in [0.29, 0.717) is 6.61 Å². The summed E-state index contributed by atoms with van der Waals surface area (Å²) in [4.78, 5) is 11.5. The van der Waals surface area contributed by atoms with Crippen LogP contribution >= 0.6 is 11.3 Å². The van der Waals surface area contributed by atoms with Gasteiger partial charge in [-0.15, -0.1) is 11.3 Å². The zero-order valence-electron chi connectivity index (χ0n) is 10.9. The molecule has 0 aromatic carbocycles. The fourth-order valence-corrected chi connectivity index (χ4v) is 2.53. The maximum atomic E-state index is 5.13. The first-order chi connectivity index (χ1) is 8.76. The molecule has 0 fully saturated rings. The minimum Gasteiger partial charge on any atom is -0.378 e. The first kappa shape index (κ1) is 13.0. The first-order valence-corrected chi connectivity index (χ1v) is 6.72. The average Bonchev–Trinajstić information content (AvgIpc) is 2.87. The molecule has 0 spiro atoms. The Morgan fingerprint density at radius 2 is 2.17 bits per heavy atom. The highest BCUT2D eigenvalue weighted by Crippen LogP contribution is 2.26. The highest BCUT2D eigenvalue weighted by atomic mass is 32.1. The molecule has 0 amide bonds. The van der Waals surface area contributed by atoms with Gasteiger partial charge in [0.15, 0.2) is 5.82 Å². The number of rotatable bonds is 5. The van der Waals surface area contributed by atoms with Gasteiger partial charge in [-0.3, -0.25) is 0 Å². The summed E-state index contributed by atoms with van der Waals surface area (Å²) in [5, 5.41) is 3.05. The fraction of sp³-hybridized carbons (Fsp3) is 0.385. The molecule has 0 atom stereocenters. The van der Waals surface area contributed by atoms with Crippen molar-refractivity contribution >= 4 is 17.2 Å². The second-order valence-corrected chi connectivity index (χ2v) is 5.04. The van der Waals surface area contributed by atoms with Gasteiger partial charge in [0.05, 0.1) is 17.2 Å². The van der Waals surface area contributed by atoms with E-state index in [1.54, 1.807) is 18.4 Å². The van der Waals surface area contributed by atoms with Gasteiger partial charge in [-0.2, -0.15) is 0 Å². The quantitative estimate of drug-likeness (QED) is 0.901. The van der Waals surface area contributed by atoms with Crippen molar-refractivity contribution in [1.82, 2.24) is 9.97 Å². The maximum absolute atomic E-state index is 5.13. The number of hydrogen-bond acceptors (Lipinski definition) is 5. The van der Waals surface area contributed by atoms with E-state index < -0.39 is 0 Å². The summed E-state index contributed by atoms with van der Waals surface area (Å²) >= 11 is 1.74. The van der Waals surface area contributed by atoms with Crippen LogP contribution < -0.4 is 5.32 Å². The van der Waals surface area contributed by atoms with Gasteiger partial charge >= 0.3 is 0 Å². The summed E-state index contributed by atoms with van der Waals surface area (Å²) in [5.41, 5.74) is 0.887. The van der Waals surface area contributed by atoms with Crippen LogP contribution in [0.3, 0.4) is 0 Å². The molecule has 0 saturated carbocycles. The van der Waals surface area contributed by atoms with Crippen LogP contribution in [0.1, 0.15) is 17.5 Å². The molecule has 0 aliphatic heterocycles. The predicted octanol–water partition coefficient (Wildman–Crippen LogP) is 2.96. The predicted molar refractivity (Wildman–Crippen MR) is 75.0 cm³/mol. The van der Waals surface area contributed by atoms with E-state index in [1.807, 2.05) is 13.1 Å². The third kappa shape index (κ3) is 2.86. The van der Waals surface area contributed by atoms with Crippen molar-refractivity contribution in [2.24, 2.45) is 0 Å². The minimum atomic E-state index is 0.496. The van der Waals surface area contributed by atoms with Crippen LogP contribution in [0.2, 0.25) is 0 Å². The van der Waals surface area contributed by atoms with Crippen molar-refractivity contribution in [2.75, 3.05) is 19.5 Å². The van der Waals surface area contributed by atoms with E-state index in [9.17, 15) is 0 Å². The molecule has 2 heterocycles. The zero-order valence-corrected chi connectivity index (χ0v) is 11.7. The Labute approximate surface area is 111 Å². The van der Waals surface area contributed by atoms with Crippen molar-refractivity contribution in [3.63, 3.8) is 0 Å². The third-order valence-electron chi connectivity index (χ3n) is 2.56. The summed E-state index contributed by atoms with van der Waals surface area (Å²) < 4.78 is 5.13. The SMILES string of the molecule is CCc1ccc(-c2nc(COC)cc(NC)n2)s1. The number of anilines is 1. The lowest BCUT2D eigenvalue weighted by Gasteiger charge is -2.06. The molecule has 0 unspecified atom stereocenters. The Bertz CT molecular complexity index is 525. The Morgan fingerprint density at radius 1 is 1.33 bits per heavy atom. The Morgan fingerprint density at radius 3 is 2.78 bits per heavy atom. The molecule has 0 radical (unpaired) electrons. The lowest BCUT2D eigenvalue weighted by molar-refractivity contribution is 0.181. The third-order valence-corrected chi connectivity index (χ3v) is 3.78. The van der Waals surface area contributed by atoms with Gasteiger partial charge in [-0.1, -0.05) is 6.92 Å². The van der Waals surface area contributed by atoms with Crippen LogP contribution in [-0.4, -0.2) is 24.1 Å². The van der Waals surface area contributed by atoms with Gasteiger partial charge in [0.25, 0.3) is 0 Å². The van der Waals surface area contributed by atoms with E-state index >= 15 is 0 Å². The number of methoxy groups -OCH3 is 1. The minimum absolute atomic E-state index is 0.496. The summed E-state index contributed by atoms with van der Waals surface area (Å²) in [6.07, 6.45) is 1.04. The number of nitrogens with zero attached hydrogens (tertiary/aromatic N) is 2. The number of hydrogen-bond donors (Lipinski definition) is 1. The molecular formula is C13H17N3OS. The maximum Gasteiger partial charge on any atom is 0.171 e. The van der Waals surface area contributed by atoms with E-state index in [1.165, 1.54) is 4.88 Å². The number of aromatic nitrogens is 2. The van der Waals surface area contributed by atoms with Gasteiger partial charge in [-0.05, 0) is 18.6 Å². The van der Waals surface area contributed by atoms with Gasteiger partial charge < -0.3 is 10.1 Å². The van der Waals surface area contributed by atoms with Gasteiger partial charge in [-0.25, -0.2) is 9.97 Å². The molecule has 2 aromatic rings. The molecule has 0 aliphatic carbocycles. The van der Waals surface area contributed by atoms with E-state index in [0.717, 1.165) is 28.6 Å². The molecular weight excluding hydrogens is 246 g/mol. The molecule has 18 heavy (non-hydrogen) atoms. The van der Waals surface area contributed by atoms with E-state index in [4.69, 9.17) is 4.74 Å². The second kappa shape index (κ2) is 5.93. The monoisotopic (exact) mass is 263 g/mol. The largest absolute Gasteiger partial charge is 0.378 e. The van der Waals surface area contributed by atoms with Crippen molar-refractivity contribution in [2.45, 2.75) is 20.0 Å². The van der Waals surface area contributed by atoms with Gasteiger partial charge in [0.1, 0.15) is 5.82 Å². The van der Waals surface area contributed by atoms with Gasteiger partial charge in [0.2, 0.25) is 0 Å². The molecule has 96 valence electrons. The molecule has 0 aliphatic rings. The summed E-state index contributed by atoms with van der Waals surface area (Å²) in [7, 11) is 3.52. The summed E-state index contributed by atoms with van der Waals surface area (Å²) in [6, 6.07) is 6.11. The van der Waals surface area contributed by atoms with Crippen LogP contribution in [0.15, 0.2) is 18.2 Å². The molecule has 0 bridgehead atoms. The molecule has 1 N–H and O–H groups in total. The molecule has 2 rings (SSSR count). The van der Waals surface area contributed by atoms with Crippen LogP contribution in [0, 0.1) is 0 Å². The first-order valence-electron chi connectivity index (χ1n) is 5.90. The number of thiophene rings is 1. The molecule has 0 saturated heterocycles. The Balaban J connectivity index is 2.39. The zero-order chi connectivity index (χ0) is 13.0. The number of nitrogens with one attached hydrogen (secondary N) is 1.